The number of nitrogens with zero attached hydrogens (tertiary/aromatic N) is 3. The van der Waals surface area contributed by atoms with E-state index in [9.17, 15) is 14.4 Å². The minimum absolute atomic E-state index is 0.0247. The Labute approximate surface area is 295 Å². The SMILES string of the molecule is CSC(=O)c1ccc2c(c1)nc(NCCNC(=O)CCCN(Cc1ccc(-c3ccccc3)c(Cl)c1)C(=O)OC(C)(C)C)c1ccncc12. The predicted molar refractivity (Wildman–Crippen MR) is 199 cm³/mol. The molecule has 254 valence electrons. The number of benzene rings is 3. The van der Waals surface area contributed by atoms with Gasteiger partial charge in [0.05, 0.1) is 5.52 Å². The van der Waals surface area contributed by atoms with Crippen LogP contribution in [0.15, 0.2) is 85.2 Å². The van der Waals surface area contributed by atoms with Gasteiger partial charge in [0.1, 0.15) is 11.4 Å². The van der Waals surface area contributed by atoms with E-state index in [1.807, 2.05) is 87.5 Å². The highest BCUT2D eigenvalue weighted by Crippen LogP contribution is 2.31. The summed E-state index contributed by atoms with van der Waals surface area (Å²) in [5, 5.41) is 9.58. The molecule has 0 fully saturated rings. The van der Waals surface area contributed by atoms with E-state index in [4.69, 9.17) is 21.3 Å². The number of rotatable bonds is 12. The van der Waals surface area contributed by atoms with Gasteiger partial charge in [-0.3, -0.25) is 14.6 Å². The molecular formula is C38H40ClN5O4S. The first kappa shape index (κ1) is 35.6. The Morgan fingerprint density at radius 2 is 1.73 bits per heavy atom. The van der Waals surface area contributed by atoms with Crippen LogP contribution in [-0.4, -0.2) is 63.5 Å². The van der Waals surface area contributed by atoms with Crippen LogP contribution in [0.2, 0.25) is 5.02 Å². The van der Waals surface area contributed by atoms with Crippen LogP contribution in [0.1, 0.15) is 49.5 Å². The van der Waals surface area contributed by atoms with E-state index in [2.05, 4.69) is 15.6 Å². The number of anilines is 1. The highest BCUT2D eigenvalue weighted by molar-refractivity contribution is 8.13. The van der Waals surface area contributed by atoms with Crippen molar-refractivity contribution in [2.45, 2.75) is 45.8 Å². The summed E-state index contributed by atoms with van der Waals surface area (Å²) in [7, 11) is 0. The molecule has 0 unspecified atom stereocenters. The van der Waals surface area contributed by atoms with Gasteiger partial charge in [-0.1, -0.05) is 71.9 Å². The zero-order valence-electron chi connectivity index (χ0n) is 28.1. The maximum absolute atomic E-state index is 13.1. The summed E-state index contributed by atoms with van der Waals surface area (Å²) in [6.07, 6.45) is 5.50. The summed E-state index contributed by atoms with van der Waals surface area (Å²) in [5.74, 6) is 0.528. The van der Waals surface area contributed by atoms with Crippen molar-refractivity contribution in [3.8, 4) is 11.1 Å². The lowest BCUT2D eigenvalue weighted by molar-refractivity contribution is -0.121. The van der Waals surface area contributed by atoms with E-state index in [0.717, 1.165) is 44.6 Å². The normalized spacial score (nSPS) is 11.4. The molecule has 0 saturated heterocycles. The molecule has 11 heteroatoms. The standard InChI is InChI=1S/C38H40ClN5O4S/c1-38(2,3)48-37(47)44(24-25-12-14-28(32(39)21-25)26-9-6-5-7-10-26)20-8-11-34(45)41-18-19-42-35-30-16-17-40-23-31(30)29-15-13-27(36(46)49-4)22-33(29)43-35/h5-7,9-10,12-17,21-23H,8,11,18-20,24H2,1-4H3,(H,41,45)(H,42,43). The van der Waals surface area contributed by atoms with Crippen molar-refractivity contribution in [1.29, 1.82) is 0 Å². The van der Waals surface area contributed by atoms with Gasteiger partial charge in [-0.15, -0.1) is 0 Å². The second-order valence-electron chi connectivity index (χ2n) is 12.6. The maximum Gasteiger partial charge on any atom is 0.410 e. The number of thioether (sulfide) groups is 1. The summed E-state index contributed by atoms with van der Waals surface area (Å²) in [6.45, 7) is 6.92. The van der Waals surface area contributed by atoms with Gasteiger partial charge >= 0.3 is 6.09 Å². The molecular weight excluding hydrogens is 658 g/mol. The summed E-state index contributed by atoms with van der Waals surface area (Å²) in [5.41, 5.74) is 3.41. The average molecular weight is 698 g/mol. The molecule has 0 aliphatic heterocycles. The van der Waals surface area contributed by atoms with Gasteiger partial charge in [0.15, 0.2) is 0 Å². The number of carbonyl (C=O) groups is 3. The van der Waals surface area contributed by atoms with Crippen LogP contribution < -0.4 is 10.6 Å². The van der Waals surface area contributed by atoms with Gasteiger partial charge in [-0.2, -0.15) is 0 Å². The number of halogens is 1. The molecule has 0 atom stereocenters. The number of hydrogen-bond acceptors (Lipinski definition) is 8. The number of amides is 2. The Bertz CT molecular complexity index is 1970. The molecule has 0 saturated carbocycles. The Hall–Kier alpha value is -4.67. The Morgan fingerprint density at radius 3 is 2.47 bits per heavy atom. The van der Waals surface area contributed by atoms with Crippen molar-refractivity contribution in [2.75, 3.05) is 31.2 Å². The minimum atomic E-state index is -0.662. The quantitative estimate of drug-likeness (QED) is 0.0988. The number of pyridine rings is 2. The molecule has 0 aliphatic carbocycles. The smallest absolute Gasteiger partial charge is 0.410 e. The average Bonchev–Trinajstić information content (AvgIpc) is 3.08. The van der Waals surface area contributed by atoms with E-state index in [1.54, 1.807) is 29.6 Å². The van der Waals surface area contributed by atoms with Crippen molar-refractivity contribution < 1.29 is 19.1 Å². The van der Waals surface area contributed by atoms with Crippen LogP contribution >= 0.6 is 23.4 Å². The van der Waals surface area contributed by atoms with Crippen LogP contribution in [0.4, 0.5) is 10.6 Å². The molecule has 2 N–H and O–H groups in total. The molecule has 2 aromatic heterocycles. The Balaban J connectivity index is 1.17. The van der Waals surface area contributed by atoms with Crippen LogP contribution in [0.25, 0.3) is 32.8 Å². The molecule has 3 aromatic carbocycles. The zero-order valence-corrected chi connectivity index (χ0v) is 29.7. The summed E-state index contributed by atoms with van der Waals surface area (Å²) >= 11 is 7.80. The first-order valence-electron chi connectivity index (χ1n) is 16.1. The lowest BCUT2D eigenvalue weighted by atomic mass is 10.0. The Kier molecular flexibility index (Phi) is 11.7. The highest BCUT2D eigenvalue weighted by Gasteiger charge is 2.23. The Morgan fingerprint density at radius 1 is 0.939 bits per heavy atom. The van der Waals surface area contributed by atoms with Crippen LogP contribution in [-0.2, 0) is 16.1 Å². The molecule has 9 nitrogen and oxygen atoms in total. The van der Waals surface area contributed by atoms with Gasteiger partial charge in [-0.25, -0.2) is 9.78 Å². The van der Waals surface area contributed by atoms with Gasteiger partial charge in [-0.05, 0) is 68.8 Å². The minimum Gasteiger partial charge on any atom is -0.444 e. The summed E-state index contributed by atoms with van der Waals surface area (Å²) in [6, 6.07) is 23.1. The molecule has 49 heavy (non-hydrogen) atoms. The third kappa shape index (κ3) is 9.49. The summed E-state index contributed by atoms with van der Waals surface area (Å²) < 4.78 is 5.67. The van der Waals surface area contributed by atoms with Gasteiger partial charge in [0.2, 0.25) is 11.0 Å². The monoisotopic (exact) mass is 697 g/mol. The second-order valence-corrected chi connectivity index (χ2v) is 13.8. The molecule has 0 bridgehead atoms. The van der Waals surface area contributed by atoms with E-state index in [1.165, 1.54) is 0 Å². The van der Waals surface area contributed by atoms with Crippen LogP contribution in [0.3, 0.4) is 0 Å². The molecule has 0 spiro atoms. The number of aromatic nitrogens is 2. The van der Waals surface area contributed by atoms with Crippen LogP contribution in [0, 0.1) is 0 Å². The molecule has 2 heterocycles. The number of carbonyl (C=O) groups excluding carboxylic acids is 3. The van der Waals surface area contributed by atoms with E-state index >= 15 is 0 Å². The maximum atomic E-state index is 13.1. The topological polar surface area (TPSA) is 114 Å². The van der Waals surface area contributed by atoms with E-state index in [0.29, 0.717) is 54.5 Å². The van der Waals surface area contributed by atoms with Crippen LogP contribution in [0.5, 0.6) is 0 Å². The molecule has 5 aromatic rings. The van der Waals surface area contributed by atoms with Gasteiger partial charge in [0.25, 0.3) is 0 Å². The third-order valence-electron chi connectivity index (χ3n) is 7.73. The number of nitrogens with one attached hydrogen (secondary N) is 2. The fraction of sp³-hybridized carbons (Fsp3) is 0.289. The largest absolute Gasteiger partial charge is 0.444 e. The number of ether oxygens (including phenoxy) is 1. The summed E-state index contributed by atoms with van der Waals surface area (Å²) in [4.78, 5) is 48.9. The van der Waals surface area contributed by atoms with E-state index in [-0.39, 0.29) is 17.4 Å². The third-order valence-corrected chi connectivity index (χ3v) is 8.65. The van der Waals surface area contributed by atoms with Crippen molar-refractivity contribution in [3.63, 3.8) is 0 Å². The number of fused-ring (bicyclic) bond motifs is 3. The fourth-order valence-electron chi connectivity index (χ4n) is 5.42. The van der Waals surface area contributed by atoms with Crippen molar-refractivity contribution in [3.05, 3.63) is 101 Å². The first-order chi connectivity index (χ1) is 23.5. The van der Waals surface area contributed by atoms with Gasteiger partial charge in [0, 0.05) is 77.3 Å². The molecule has 0 radical (unpaired) electrons. The molecule has 2 amide bonds. The number of hydrogen-bond donors (Lipinski definition) is 2. The first-order valence-corrected chi connectivity index (χ1v) is 17.7. The highest BCUT2D eigenvalue weighted by atomic mass is 35.5. The van der Waals surface area contributed by atoms with Crippen molar-refractivity contribution in [2.24, 2.45) is 0 Å². The second kappa shape index (κ2) is 16.2. The lowest BCUT2D eigenvalue weighted by Gasteiger charge is -2.27. The zero-order chi connectivity index (χ0) is 35.0. The lowest BCUT2D eigenvalue weighted by Crippen LogP contribution is -2.37. The van der Waals surface area contributed by atoms with Crippen molar-refractivity contribution in [1.82, 2.24) is 20.2 Å². The fourth-order valence-corrected chi connectivity index (χ4v) is 6.09. The van der Waals surface area contributed by atoms with E-state index < -0.39 is 11.7 Å². The molecule has 0 aliphatic rings. The van der Waals surface area contributed by atoms with Crippen molar-refractivity contribution >= 4 is 68.0 Å². The predicted octanol–water partition coefficient (Wildman–Crippen LogP) is 8.35. The molecule has 5 rings (SSSR count). The van der Waals surface area contributed by atoms with Gasteiger partial charge < -0.3 is 20.3 Å².